The van der Waals surface area contributed by atoms with Crippen molar-refractivity contribution in [1.29, 1.82) is 0 Å². The largest absolute Gasteiger partial charge is 0.369 e. The maximum Gasteiger partial charge on any atom is 0.213 e. The Labute approximate surface area is 135 Å². The lowest BCUT2D eigenvalue weighted by atomic mass is 10.2. The van der Waals surface area contributed by atoms with Crippen LogP contribution in [0.3, 0.4) is 0 Å². The van der Waals surface area contributed by atoms with Crippen molar-refractivity contribution in [2.45, 2.75) is 19.3 Å². The van der Waals surface area contributed by atoms with E-state index in [4.69, 9.17) is 0 Å². The first-order valence-corrected chi connectivity index (χ1v) is 9.20. The van der Waals surface area contributed by atoms with Gasteiger partial charge in [-0.05, 0) is 38.4 Å². The summed E-state index contributed by atoms with van der Waals surface area (Å²) < 4.78 is 25.3. The fraction of sp³-hybridized carbons (Fsp3) is 0.400. The molecule has 2 heterocycles. The standard InChI is InChI=1S/C15H19N5O2S/c1-16-23(21,22)10-9-18-14-11-5-4-7-12(11)19-15(20-14)13-6-2-3-8-17-13/h2-3,6,8,16H,4-5,7,9-10H2,1H3,(H,18,19,20). The van der Waals surface area contributed by atoms with E-state index in [0.717, 1.165) is 36.3 Å². The van der Waals surface area contributed by atoms with E-state index in [-0.39, 0.29) is 5.75 Å². The number of aryl methyl sites for hydroxylation is 1. The summed E-state index contributed by atoms with van der Waals surface area (Å²) in [6.07, 6.45) is 4.58. The molecule has 0 amide bonds. The summed E-state index contributed by atoms with van der Waals surface area (Å²) in [6.45, 7) is 0.300. The van der Waals surface area contributed by atoms with E-state index >= 15 is 0 Å². The highest BCUT2D eigenvalue weighted by Gasteiger charge is 2.20. The second-order valence-corrected chi connectivity index (χ2v) is 7.39. The third kappa shape index (κ3) is 3.65. The van der Waals surface area contributed by atoms with Crippen molar-refractivity contribution in [3.05, 3.63) is 35.7 Å². The first-order valence-electron chi connectivity index (χ1n) is 7.55. The predicted octanol–water partition coefficient (Wildman–Crippen LogP) is 0.988. The molecule has 0 spiro atoms. The van der Waals surface area contributed by atoms with Gasteiger partial charge in [0.2, 0.25) is 10.0 Å². The number of rotatable bonds is 6. The lowest BCUT2D eigenvalue weighted by molar-refractivity contribution is 0.588. The molecular formula is C15H19N5O2S. The number of fused-ring (bicyclic) bond motifs is 1. The minimum atomic E-state index is -3.23. The van der Waals surface area contributed by atoms with Gasteiger partial charge in [-0.25, -0.2) is 23.1 Å². The monoisotopic (exact) mass is 333 g/mol. The molecule has 0 aromatic carbocycles. The Morgan fingerprint density at radius 2 is 2.09 bits per heavy atom. The maximum absolute atomic E-state index is 11.5. The zero-order valence-electron chi connectivity index (χ0n) is 12.9. The molecule has 1 aliphatic rings. The van der Waals surface area contributed by atoms with Crippen LogP contribution < -0.4 is 10.0 Å². The topological polar surface area (TPSA) is 96.9 Å². The molecule has 0 unspecified atom stereocenters. The molecule has 2 aromatic rings. The molecule has 0 aliphatic heterocycles. The van der Waals surface area contributed by atoms with Gasteiger partial charge in [0, 0.05) is 24.0 Å². The summed E-state index contributed by atoms with van der Waals surface area (Å²) >= 11 is 0. The van der Waals surface area contributed by atoms with Gasteiger partial charge in [0.15, 0.2) is 5.82 Å². The van der Waals surface area contributed by atoms with Crippen molar-refractivity contribution >= 4 is 15.8 Å². The fourth-order valence-corrected chi connectivity index (χ4v) is 3.17. The van der Waals surface area contributed by atoms with Gasteiger partial charge in [-0.2, -0.15) is 0 Å². The molecule has 1 aliphatic carbocycles. The van der Waals surface area contributed by atoms with E-state index in [2.05, 4.69) is 25.0 Å². The van der Waals surface area contributed by atoms with Crippen molar-refractivity contribution in [2.75, 3.05) is 24.7 Å². The van der Waals surface area contributed by atoms with E-state index < -0.39 is 10.0 Å². The molecule has 0 fully saturated rings. The highest BCUT2D eigenvalue weighted by atomic mass is 32.2. The lowest BCUT2D eigenvalue weighted by Crippen LogP contribution is -2.26. The molecule has 23 heavy (non-hydrogen) atoms. The second kappa shape index (κ2) is 6.59. The number of nitrogens with zero attached hydrogens (tertiary/aromatic N) is 3. The van der Waals surface area contributed by atoms with Crippen molar-refractivity contribution < 1.29 is 8.42 Å². The Bertz CT molecular complexity index is 793. The molecule has 2 N–H and O–H groups in total. The van der Waals surface area contributed by atoms with Crippen LogP contribution in [-0.2, 0) is 22.9 Å². The van der Waals surface area contributed by atoms with Crippen LogP contribution in [0.2, 0.25) is 0 Å². The first kappa shape index (κ1) is 15.8. The zero-order valence-corrected chi connectivity index (χ0v) is 13.7. The van der Waals surface area contributed by atoms with E-state index in [1.807, 2.05) is 18.2 Å². The lowest BCUT2D eigenvalue weighted by Gasteiger charge is -2.12. The molecule has 122 valence electrons. The Hall–Kier alpha value is -2.06. The number of nitrogens with one attached hydrogen (secondary N) is 2. The number of sulfonamides is 1. The average molecular weight is 333 g/mol. The molecule has 0 saturated carbocycles. The van der Waals surface area contributed by atoms with Gasteiger partial charge in [0.05, 0.1) is 5.75 Å². The third-order valence-corrected chi connectivity index (χ3v) is 5.16. The maximum atomic E-state index is 11.5. The molecule has 7 nitrogen and oxygen atoms in total. The molecule has 0 saturated heterocycles. The van der Waals surface area contributed by atoms with Gasteiger partial charge >= 0.3 is 0 Å². The van der Waals surface area contributed by atoms with Crippen molar-refractivity contribution in [2.24, 2.45) is 0 Å². The molecular weight excluding hydrogens is 314 g/mol. The smallest absolute Gasteiger partial charge is 0.213 e. The Balaban J connectivity index is 1.86. The minimum absolute atomic E-state index is 0.00119. The van der Waals surface area contributed by atoms with Crippen LogP contribution in [0, 0.1) is 0 Å². The van der Waals surface area contributed by atoms with Gasteiger partial charge in [0.1, 0.15) is 11.5 Å². The number of anilines is 1. The predicted molar refractivity (Wildman–Crippen MR) is 88.6 cm³/mol. The van der Waals surface area contributed by atoms with Gasteiger partial charge in [-0.3, -0.25) is 4.98 Å². The van der Waals surface area contributed by atoms with E-state index in [9.17, 15) is 8.42 Å². The van der Waals surface area contributed by atoms with E-state index in [0.29, 0.717) is 18.1 Å². The molecule has 2 aromatic heterocycles. The number of aromatic nitrogens is 3. The Kier molecular flexibility index (Phi) is 4.53. The first-order chi connectivity index (χ1) is 11.1. The van der Waals surface area contributed by atoms with Crippen LogP contribution in [0.1, 0.15) is 17.7 Å². The zero-order chi connectivity index (χ0) is 16.3. The second-order valence-electron chi connectivity index (χ2n) is 5.34. The third-order valence-electron chi connectivity index (χ3n) is 3.80. The molecule has 0 atom stereocenters. The highest BCUT2D eigenvalue weighted by Crippen LogP contribution is 2.28. The normalized spacial score (nSPS) is 13.8. The fourth-order valence-electron chi connectivity index (χ4n) is 2.59. The summed E-state index contributed by atoms with van der Waals surface area (Å²) in [6, 6.07) is 5.61. The van der Waals surface area contributed by atoms with Crippen molar-refractivity contribution in [3.8, 4) is 11.5 Å². The summed E-state index contributed by atoms with van der Waals surface area (Å²) in [7, 11) is -1.82. The summed E-state index contributed by atoms with van der Waals surface area (Å²) in [5, 5.41) is 3.15. The van der Waals surface area contributed by atoms with Crippen LogP contribution >= 0.6 is 0 Å². The SMILES string of the molecule is CNS(=O)(=O)CCNc1nc(-c2ccccn2)nc2c1CCC2. The van der Waals surface area contributed by atoms with Crippen LogP contribution in [0.15, 0.2) is 24.4 Å². The van der Waals surface area contributed by atoms with Crippen LogP contribution in [0.4, 0.5) is 5.82 Å². The molecule has 0 radical (unpaired) electrons. The van der Waals surface area contributed by atoms with Crippen LogP contribution in [0.5, 0.6) is 0 Å². The Morgan fingerprint density at radius 1 is 1.22 bits per heavy atom. The Morgan fingerprint density at radius 3 is 2.83 bits per heavy atom. The number of pyridine rings is 1. The van der Waals surface area contributed by atoms with Gasteiger partial charge < -0.3 is 5.32 Å². The summed E-state index contributed by atoms with van der Waals surface area (Å²) in [4.78, 5) is 13.5. The van der Waals surface area contributed by atoms with Gasteiger partial charge in [0.25, 0.3) is 0 Å². The average Bonchev–Trinajstić information content (AvgIpc) is 3.04. The molecule has 0 bridgehead atoms. The van der Waals surface area contributed by atoms with Crippen molar-refractivity contribution in [1.82, 2.24) is 19.7 Å². The van der Waals surface area contributed by atoms with Crippen LogP contribution in [0.25, 0.3) is 11.5 Å². The molecule has 3 rings (SSSR count). The molecule has 8 heteroatoms. The van der Waals surface area contributed by atoms with Gasteiger partial charge in [-0.15, -0.1) is 0 Å². The van der Waals surface area contributed by atoms with Gasteiger partial charge in [-0.1, -0.05) is 6.07 Å². The quantitative estimate of drug-likeness (QED) is 0.818. The summed E-state index contributed by atoms with van der Waals surface area (Å²) in [5.74, 6) is 1.30. The summed E-state index contributed by atoms with van der Waals surface area (Å²) in [5.41, 5.74) is 2.83. The van der Waals surface area contributed by atoms with Crippen molar-refractivity contribution in [3.63, 3.8) is 0 Å². The number of hydrogen-bond donors (Lipinski definition) is 2. The van der Waals surface area contributed by atoms with E-state index in [1.54, 1.807) is 6.20 Å². The number of hydrogen-bond acceptors (Lipinski definition) is 6. The van der Waals surface area contributed by atoms with Crippen LogP contribution in [-0.4, -0.2) is 42.7 Å². The minimum Gasteiger partial charge on any atom is -0.369 e. The van der Waals surface area contributed by atoms with E-state index in [1.165, 1.54) is 7.05 Å². The highest BCUT2D eigenvalue weighted by molar-refractivity contribution is 7.89.